The first-order valence-corrected chi connectivity index (χ1v) is 5.59. The van der Waals surface area contributed by atoms with Crippen LogP contribution in [0.1, 0.15) is 20.8 Å². The quantitative estimate of drug-likeness (QED) is 0.356. The molecule has 0 amide bonds. The van der Waals surface area contributed by atoms with Gasteiger partial charge in [-0.05, 0) is 0 Å². The van der Waals surface area contributed by atoms with E-state index in [4.69, 9.17) is 0 Å². The Kier molecular flexibility index (Phi) is 4.06. The van der Waals surface area contributed by atoms with Gasteiger partial charge in [-0.1, -0.05) is 32.5 Å². The van der Waals surface area contributed by atoms with Crippen molar-refractivity contribution in [3.05, 3.63) is 22.4 Å². The Balaban J connectivity index is 3.13. The minimum absolute atomic E-state index is 0.0601. The van der Waals surface area contributed by atoms with E-state index in [1.165, 1.54) is 24.0 Å². The highest BCUT2D eigenvalue weighted by Gasteiger charge is 2.23. The molecule has 0 saturated carbocycles. The van der Waals surface area contributed by atoms with Crippen LogP contribution in [-0.4, -0.2) is 21.1 Å². The number of carbonyl (C=O) groups excluding carboxylic acids is 1. The fraction of sp³-hybridized carbons (Fsp3) is 0.400. The third-order valence-electron chi connectivity index (χ3n) is 1.59. The standard InChI is InChI=1S/C10H12N2O4S/c1-10(2,3)17-9-8(12(14)15)4-7(5-11-9)16-6-13/h4-6H,1-3H3. The van der Waals surface area contributed by atoms with Crippen molar-refractivity contribution in [3.63, 3.8) is 0 Å². The maximum absolute atomic E-state index is 10.9. The molecule has 0 bridgehead atoms. The second-order valence-electron chi connectivity index (χ2n) is 4.18. The van der Waals surface area contributed by atoms with Gasteiger partial charge in [0.2, 0.25) is 0 Å². The van der Waals surface area contributed by atoms with E-state index in [1.807, 2.05) is 20.8 Å². The number of carbonyl (C=O) groups is 1. The Morgan fingerprint density at radius 1 is 1.53 bits per heavy atom. The summed E-state index contributed by atoms with van der Waals surface area (Å²) >= 11 is 1.29. The number of aromatic nitrogens is 1. The Hall–Kier alpha value is -1.63. The first kappa shape index (κ1) is 13.4. The van der Waals surface area contributed by atoms with Gasteiger partial charge in [-0.25, -0.2) is 4.98 Å². The van der Waals surface area contributed by atoms with Gasteiger partial charge in [0.1, 0.15) is 0 Å². The molecule has 0 radical (unpaired) electrons. The summed E-state index contributed by atoms with van der Waals surface area (Å²) < 4.78 is 4.34. The smallest absolute Gasteiger partial charge is 0.305 e. The Morgan fingerprint density at radius 2 is 2.18 bits per heavy atom. The Bertz CT molecular complexity index is 442. The topological polar surface area (TPSA) is 82.3 Å². The van der Waals surface area contributed by atoms with Crippen molar-refractivity contribution < 1.29 is 14.5 Å². The molecular weight excluding hydrogens is 244 g/mol. The van der Waals surface area contributed by atoms with Crippen LogP contribution in [-0.2, 0) is 4.79 Å². The largest absolute Gasteiger partial charge is 0.427 e. The third kappa shape index (κ3) is 4.03. The number of ether oxygens (including phenoxy) is 1. The molecule has 1 rings (SSSR count). The van der Waals surface area contributed by atoms with Crippen molar-refractivity contribution >= 4 is 23.9 Å². The molecule has 0 fully saturated rings. The molecule has 0 aliphatic heterocycles. The van der Waals surface area contributed by atoms with E-state index in [2.05, 4.69) is 9.72 Å². The zero-order valence-electron chi connectivity index (χ0n) is 9.67. The number of rotatable bonds is 4. The van der Waals surface area contributed by atoms with Crippen LogP contribution < -0.4 is 4.74 Å². The minimum Gasteiger partial charge on any atom is -0.427 e. The third-order valence-corrected chi connectivity index (χ3v) is 2.71. The van der Waals surface area contributed by atoms with Gasteiger partial charge in [0.25, 0.3) is 6.47 Å². The number of hydrogen-bond donors (Lipinski definition) is 0. The lowest BCUT2D eigenvalue weighted by molar-refractivity contribution is -0.388. The van der Waals surface area contributed by atoms with Crippen molar-refractivity contribution in [2.75, 3.05) is 0 Å². The first-order chi connectivity index (χ1) is 7.83. The number of nitro groups is 1. The lowest BCUT2D eigenvalue weighted by Gasteiger charge is -2.16. The molecule has 0 saturated heterocycles. The van der Waals surface area contributed by atoms with Crippen LogP contribution >= 0.6 is 11.8 Å². The van der Waals surface area contributed by atoms with Crippen molar-refractivity contribution in [3.8, 4) is 5.75 Å². The second kappa shape index (κ2) is 5.13. The van der Waals surface area contributed by atoms with Crippen molar-refractivity contribution in [1.29, 1.82) is 0 Å². The van der Waals surface area contributed by atoms with Crippen molar-refractivity contribution in [2.24, 2.45) is 0 Å². The summed E-state index contributed by atoms with van der Waals surface area (Å²) in [5.41, 5.74) is -0.163. The van der Waals surface area contributed by atoms with E-state index in [0.717, 1.165) is 0 Å². The van der Waals surface area contributed by atoms with Crippen LogP contribution in [0.15, 0.2) is 17.3 Å². The van der Waals surface area contributed by atoms with Gasteiger partial charge in [-0.3, -0.25) is 14.9 Å². The number of pyridine rings is 1. The summed E-state index contributed by atoms with van der Waals surface area (Å²) in [4.78, 5) is 24.4. The van der Waals surface area contributed by atoms with Crippen LogP contribution in [0.2, 0.25) is 0 Å². The predicted molar refractivity (Wildman–Crippen MR) is 63.2 cm³/mol. The average Bonchev–Trinajstić information content (AvgIpc) is 2.18. The summed E-state index contributed by atoms with van der Waals surface area (Å²) in [6, 6.07) is 1.19. The van der Waals surface area contributed by atoms with Gasteiger partial charge in [-0.2, -0.15) is 0 Å². The molecule has 0 N–H and O–H groups in total. The van der Waals surface area contributed by atoms with Crippen LogP contribution in [0, 0.1) is 10.1 Å². The van der Waals surface area contributed by atoms with Gasteiger partial charge in [0.15, 0.2) is 10.8 Å². The highest BCUT2D eigenvalue weighted by atomic mass is 32.2. The maximum atomic E-state index is 10.9. The molecule has 92 valence electrons. The average molecular weight is 256 g/mol. The first-order valence-electron chi connectivity index (χ1n) is 4.77. The van der Waals surface area contributed by atoms with Crippen LogP contribution in [0.4, 0.5) is 5.69 Å². The normalized spacial score (nSPS) is 11.0. The molecule has 0 unspecified atom stereocenters. The molecule has 1 aromatic heterocycles. The molecule has 0 atom stereocenters. The van der Waals surface area contributed by atoms with E-state index in [0.29, 0.717) is 5.03 Å². The van der Waals surface area contributed by atoms with E-state index in [-0.39, 0.29) is 22.7 Å². The molecule has 0 aliphatic rings. The second-order valence-corrected chi connectivity index (χ2v) is 6.00. The zero-order valence-corrected chi connectivity index (χ0v) is 10.5. The van der Waals surface area contributed by atoms with E-state index < -0.39 is 4.92 Å². The summed E-state index contributed by atoms with van der Waals surface area (Å²) in [6.45, 7) is 5.99. The molecule has 0 spiro atoms. The summed E-state index contributed by atoms with van der Waals surface area (Å²) in [5, 5.41) is 11.2. The van der Waals surface area contributed by atoms with Crippen molar-refractivity contribution in [2.45, 2.75) is 30.5 Å². The molecule has 1 heterocycles. The molecule has 0 aromatic carbocycles. The van der Waals surface area contributed by atoms with Gasteiger partial charge in [0, 0.05) is 4.75 Å². The van der Waals surface area contributed by atoms with Gasteiger partial charge in [0.05, 0.1) is 17.2 Å². The predicted octanol–water partition coefficient (Wildman–Crippen LogP) is 2.42. The lowest BCUT2D eigenvalue weighted by atomic mass is 10.3. The van der Waals surface area contributed by atoms with Crippen LogP contribution in [0.5, 0.6) is 5.75 Å². The fourth-order valence-corrected chi connectivity index (χ4v) is 1.97. The van der Waals surface area contributed by atoms with Crippen LogP contribution in [0.3, 0.4) is 0 Å². The zero-order chi connectivity index (χ0) is 13.1. The van der Waals surface area contributed by atoms with Gasteiger partial charge < -0.3 is 4.74 Å². The number of hydrogen-bond acceptors (Lipinski definition) is 6. The van der Waals surface area contributed by atoms with E-state index in [1.54, 1.807) is 0 Å². The minimum atomic E-state index is -0.543. The van der Waals surface area contributed by atoms with E-state index >= 15 is 0 Å². The van der Waals surface area contributed by atoms with Gasteiger partial charge in [-0.15, -0.1) is 0 Å². The highest BCUT2D eigenvalue weighted by molar-refractivity contribution is 8.00. The molecule has 0 aliphatic carbocycles. The molecule has 1 aromatic rings. The maximum Gasteiger partial charge on any atom is 0.305 e. The SMILES string of the molecule is CC(C)(C)Sc1ncc(OC=O)cc1[N+](=O)[O-]. The molecule has 7 heteroatoms. The number of nitrogens with zero attached hydrogens (tertiary/aromatic N) is 2. The summed E-state index contributed by atoms with van der Waals surface area (Å²) in [6.07, 6.45) is 1.29. The Labute approximate surface area is 103 Å². The Morgan fingerprint density at radius 3 is 2.65 bits per heavy atom. The van der Waals surface area contributed by atoms with Crippen LogP contribution in [0.25, 0.3) is 0 Å². The molecule has 17 heavy (non-hydrogen) atoms. The lowest BCUT2D eigenvalue weighted by Crippen LogP contribution is -2.08. The fourth-order valence-electron chi connectivity index (χ4n) is 1.04. The van der Waals surface area contributed by atoms with E-state index in [9.17, 15) is 14.9 Å². The summed E-state index contributed by atoms with van der Waals surface area (Å²) in [5.74, 6) is 0.0601. The number of thioether (sulfide) groups is 1. The van der Waals surface area contributed by atoms with Crippen molar-refractivity contribution in [1.82, 2.24) is 4.98 Å². The van der Waals surface area contributed by atoms with Gasteiger partial charge >= 0.3 is 5.69 Å². The highest BCUT2D eigenvalue weighted by Crippen LogP contribution is 2.37. The molecule has 6 nitrogen and oxygen atoms in total. The molecular formula is C10H12N2O4S. The summed E-state index contributed by atoms with van der Waals surface area (Å²) in [7, 11) is 0. The monoisotopic (exact) mass is 256 g/mol.